The molecule has 0 aromatic carbocycles. The third kappa shape index (κ3) is 4.10. The molecule has 0 unspecified atom stereocenters. The zero-order valence-electron chi connectivity index (χ0n) is 7.53. The maximum Gasteiger partial charge on any atom is 0.330 e. The van der Waals surface area contributed by atoms with Crippen LogP contribution in [-0.2, 0) is 14.3 Å². The monoisotopic (exact) mass is 174 g/mol. The summed E-state index contributed by atoms with van der Waals surface area (Å²) in [5.74, 6) is -0.916. The fourth-order valence-corrected chi connectivity index (χ4v) is 0.649. The third-order valence-electron chi connectivity index (χ3n) is 1.48. The first-order valence-corrected chi connectivity index (χ1v) is 3.57. The van der Waals surface area contributed by atoms with Crippen molar-refractivity contribution in [1.82, 2.24) is 0 Å². The van der Waals surface area contributed by atoms with Crippen LogP contribution in [0.2, 0.25) is 0 Å². The molecule has 0 aliphatic heterocycles. The summed E-state index contributed by atoms with van der Waals surface area (Å²) in [6.45, 7) is 1.53. The van der Waals surface area contributed by atoms with Gasteiger partial charge in [0.25, 0.3) is 0 Å². The van der Waals surface area contributed by atoms with Gasteiger partial charge < -0.3 is 14.6 Å². The Morgan fingerprint density at radius 3 is 2.33 bits per heavy atom. The average Bonchev–Trinajstić information content (AvgIpc) is 2.05. The third-order valence-corrected chi connectivity index (χ3v) is 1.48. The molecule has 0 rings (SSSR count). The molecule has 0 atom stereocenters. The molecule has 0 aromatic heterocycles. The van der Waals surface area contributed by atoms with E-state index in [0.717, 1.165) is 0 Å². The topological polar surface area (TPSA) is 55.8 Å². The molecule has 0 aliphatic carbocycles. The van der Waals surface area contributed by atoms with Crippen molar-refractivity contribution in [1.29, 1.82) is 0 Å². The van der Waals surface area contributed by atoms with Crippen molar-refractivity contribution in [2.24, 2.45) is 0 Å². The highest BCUT2D eigenvalue weighted by molar-refractivity contribution is 5.85. The van der Waals surface area contributed by atoms with E-state index in [-0.39, 0.29) is 6.29 Å². The first-order valence-electron chi connectivity index (χ1n) is 3.57. The molecule has 0 aromatic rings. The van der Waals surface area contributed by atoms with Gasteiger partial charge in [-0.2, -0.15) is 0 Å². The second kappa shape index (κ2) is 5.74. The van der Waals surface area contributed by atoms with Crippen molar-refractivity contribution in [3.63, 3.8) is 0 Å². The molecule has 0 aliphatic rings. The van der Waals surface area contributed by atoms with Gasteiger partial charge in [-0.1, -0.05) is 6.08 Å². The minimum atomic E-state index is -0.916. The number of carboxylic acid groups (broad SMARTS) is 1. The van der Waals surface area contributed by atoms with E-state index in [9.17, 15) is 4.79 Å². The summed E-state index contributed by atoms with van der Waals surface area (Å²) in [6.07, 6.45) is 1.66. The molecule has 1 N–H and O–H groups in total. The molecule has 12 heavy (non-hydrogen) atoms. The van der Waals surface area contributed by atoms with Crippen molar-refractivity contribution < 1.29 is 19.4 Å². The van der Waals surface area contributed by atoms with Crippen LogP contribution in [0.4, 0.5) is 0 Å². The van der Waals surface area contributed by atoms with Crippen LogP contribution in [0.25, 0.3) is 0 Å². The van der Waals surface area contributed by atoms with Crippen molar-refractivity contribution in [3.8, 4) is 0 Å². The van der Waals surface area contributed by atoms with Gasteiger partial charge in [-0.3, -0.25) is 0 Å². The fraction of sp³-hybridized carbons (Fsp3) is 0.625. The van der Waals surface area contributed by atoms with Crippen LogP contribution >= 0.6 is 0 Å². The van der Waals surface area contributed by atoms with E-state index in [4.69, 9.17) is 14.6 Å². The van der Waals surface area contributed by atoms with Gasteiger partial charge in [0, 0.05) is 26.2 Å². The quantitative estimate of drug-likeness (QED) is 0.499. The van der Waals surface area contributed by atoms with Gasteiger partial charge in [-0.25, -0.2) is 4.79 Å². The van der Waals surface area contributed by atoms with Crippen LogP contribution in [0.5, 0.6) is 0 Å². The number of carboxylic acids is 1. The maximum absolute atomic E-state index is 10.3. The minimum absolute atomic E-state index is 0.300. The molecule has 0 heterocycles. The Morgan fingerprint density at radius 1 is 1.50 bits per heavy atom. The van der Waals surface area contributed by atoms with Crippen LogP contribution in [-0.4, -0.2) is 31.6 Å². The van der Waals surface area contributed by atoms with Gasteiger partial charge in [-0.15, -0.1) is 0 Å². The van der Waals surface area contributed by atoms with Crippen LogP contribution in [0, 0.1) is 0 Å². The van der Waals surface area contributed by atoms with Gasteiger partial charge in [0.15, 0.2) is 6.29 Å². The number of hydrogen-bond acceptors (Lipinski definition) is 3. The molecule has 4 heteroatoms. The second-order valence-electron chi connectivity index (χ2n) is 2.33. The molecule has 4 nitrogen and oxygen atoms in total. The smallest absolute Gasteiger partial charge is 0.330 e. The van der Waals surface area contributed by atoms with E-state index in [0.29, 0.717) is 12.0 Å². The summed E-state index contributed by atoms with van der Waals surface area (Å²) in [6, 6.07) is 0. The molecular formula is C8H14O4. The predicted molar refractivity (Wildman–Crippen MR) is 43.8 cm³/mol. The van der Waals surface area contributed by atoms with E-state index in [2.05, 4.69) is 0 Å². The number of hydrogen-bond donors (Lipinski definition) is 1. The maximum atomic E-state index is 10.3. The molecule has 0 saturated carbocycles. The molecule has 0 saturated heterocycles. The molecule has 0 spiro atoms. The standard InChI is InChI=1S/C8H14O4/c1-6(8(9)10)4-5-7(11-2)12-3/h4,7H,5H2,1-3H3,(H,9,10)/b6-4+. The van der Waals surface area contributed by atoms with Crippen LogP contribution in [0.15, 0.2) is 11.6 Å². The molecule has 70 valence electrons. The molecule has 0 fully saturated rings. The number of ether oxygens (including phenoxy) is 2. The summed E-state index contributed by atoms with van der Waals surface area (Å²) >= 11 is 0. The number of aliphatic carboxylic acids is 1. The summed E-state index contributed by atoms with van der Waals surface area (Å²) in [5.41, 5.74) is 0.300. The lowest BCUT2D eigenvalue weighted by Gasteiger charge is -2.10. The summed E-state index contributed by atoms with van der Waals surface area (Å²) < 4.78 is 9.74. The van der Waals surface area contributed by atoms with Crippen molar-refractivity contribution in [3.05, 3.63) is 11.6 Å². The Bertz CT molecular complexity index is 170. The van der Waals surface area contributed by atoms with E-state index in [1.807, 2.05) is 0 Å². The molecule has 0 amide bonds. The minimum Gasteiger partial charge on any atom is -0.478 e. The van der Waals surface area contributed by atoms with E-state index in [1.54, 1.807) is 6.08 Å². The predicted octanol–water partition coefficient (Wildman–Crippen LogP) is 1.03. The summed E-state index contributed by atoms with van der Waals surface area (Å²) in [7, 11) is 3.02. The van der Waals surface area contributed by atoms with E-state index >= 15 is 0 Å². The Hall–Kier alpha value is -0.870. The normalized spacial score (nSPS) is 12.2. The number of rotatable bonds is 5. The van der Waals surface area contributed by atoms with Crippen LogP contribution < -0.4 is 0 Å². The van der Waals surface area contributed by atoms with E-state index < -0.39 is 5.97 Å². The highest BCUT2D eigenvalue weighted by atomic mass is 16.7. The Balaban J connectivity index is 3.93. The van der Waals surface area contributed by atoms with Crippen molar-refractivity contribution in [2.45, 2.75) is 19.6 Å². The Kier molecular flexibility index (Phi) is 5.32. The lowest BCUT2D eigenvalue weighted by atomic mass is 10.2. The van der Waals surface area contributed by atoms with Gasteiger partial charge in [0.1, 0.15) is 0 Å². The number of methoxy groups -OCH3 is 2. The largest absolute Gasteiger partial charge is 0.478 e. The van der Waals surface area contributed by atoms with Crippen molar-refractivity contribution >= 4 is 5.97 Å². The molecule has 0 bridgehead atoms. The number of carbonyl (C=O) groups is 1. The lowest BCUT2D eigenvalue weighted by Crippen LogP contribution is -2.11. The average molecular weight is 174 g/mol. The highest BCUT2D eigenvalue weighted by Crippen LogP contribution is 2.02. The highest BCUT2D eigenvalue weighted by Gasteiger charge is 2.04. The summed E-state index contributed by atoms with van der Waals surface area (Å²) in [5, 5.41) is 8.49. The van der Waals surface area contributed by atoms with Gasteiger partial charge in [-0.05, 0) is 6.92 Å². The van der Waals surface area contributed by atoms with Gasteiger partial charge in [0.05, 0.1) is 0 Å². The first kappa shape index (κ1) is 11.1. The Morgan fingerprint density at radius 2 is 2.00 bits per heavy atom. The molecular weight excluding hydrogens is 160 g/mol. The zero-order valence-corrected chi connectivity index (χ0v) is 7.53. The van der Waals surface area contributed by atoms with E-state index in [1.165, 1.54) is 21.1 Å². The first-order chi connectivity index (χ1) is 5.61. The fourth-order valence-electron chi connectivity index (χ4n) is 0.649. The van der Waals surface area contributed by atoms with Gasteiger partial charge >= 0.3 is 5.97 Å². The van der Waals surface area contributed by atoms with Crippen LogP contribution in [0.1, 0.15) is 13.3 Å². The molecule has 0 radical (unpaired) electrons. The SMILES string of the molecule is COC(C/C=C(\C)C(=O)O)OC. The van der Waals surface area contributed by atoms with Crippen molar-refractivity contribution in [2.75, 3.05) is 14.2 Å². The van der Waals surface area contributed by atoms with Gasteiger partial charge in [0.2, 0.25) is 0 Å². The zero-order chi connectivity index (χ0) is 9.56. The summed E-state index contributed by atoms with van der Waals surface area (Å²) in [4.78, 5) is 10.3. The second-order valence-corrected chi connectivity index (χ2v) is 2.33. The van der Waals surface area contributed by atoms with Crippen LogP contribution in [0.3, 0.4) is 0 Å². The lowest BCUT2D eigenvalue weighted by molar-refractivity contribution is -0.132. The Labute approximate surface area is 71.8 Å².